The lowest BCUT2D eigenvalue weighted by Crippen LogP contribution is -2.05. The summed E-state index contributed by atoms with van der Waals surface area (Å²) in [4.78, 5) is 18.0. The van der Waals surface area contributed by atoms with Crippen molar-refractivity contribution in [2.75, 3.05) is 0 Å². The number of H-pyrrole nitrogens is 2. The minimum absolute atomic E-state index is 0.361. The van der Waals surface area contributed by atoms with Crippen LogP contribution < -0.4 is 4.74 Å². The van der Waals surface area contributed by atoms with Crippen molar-refractivity contribution < 1.29 is 4.74 Å². The smallest absolute Gasteiger partial charge is 0.147 e. The van der Waals surface area contributed by atoms with Crippen LogP contribution in [0.5, 0.6) is 5.75 Å². The Labute approximate surface area is 208 Å². The van der Waals surface area contributed by atoms with Crippen molar-refractivity contribution in [1.29, 1.82) is 0 Å². The molecule has 2 aliphatic rings. The zero-order chi connectivity index (χ0) is 23.8. The average molecular weight is 481 g/mol. The second-order valence-corrected chi connectivity index (χ2v) is 11.4. The summed E-state index contributed by atoms with van der Waals surface area (Å²) >= 11 is 1.82. The van der Waals surface area contributed by atoms with Crippen LogP contribution >= 0.6 is 11.3 Å². The van der Waals surface area contributed by atoms with E-state index >= 15 is 0 Å². The quantitative estimate of drug-likeness (QED) is 0.280. The van der Waals surface area contributed by atoms with Gasteiger partial charge in [-0.25, -0.2) is 9.97 Å². The van der Waals surface area contributed by atoms with Gasteiger partial charge in [-0.2, -0.15) is 0 Å². The summed E-state index contributed by atoms with van der Waals surface area (Å²) in [5, 5.41) is 1.23. The molecule has 0 saturated heterocycles. The Balaban J connectivity index is 1.29. The SMILES string of the molecule is CC(C)c1nc2c([nH]1)-c1ccc(-c3cc4ccc5c(c4s3)OCc3nc(C(C)C)[nH]c3-5)cc1CC2. The fourth-order valence-electron chi connectivity index (χ4n) is 5.29. The maximum Gasteiger partial charge on any atom is 0.147 e. The normalized spacial score (nSPS) is 14.1. The highest BCUT2D eigenvalue weighted by atomic mass is 32.1. The highest BCUT2D eigenvalue weighted by Gasteiger charge is 2.26. The summed E-state index contributed by atoms with van der Waals surface area (Å²) in [5.74, 6) is 3.85. The number of nitrogens with zero attached hydrogens (tertiary/aromatic N) is 2. The maximum atomic E-state index is 6.27. The standard InChI is InChI=1S/C29H28N4OS/c1-14(2)28-30-21-10-7-16-11-17(5-8-19(16)24(21)32-28)23-12-18-6-9-20-25-22(31-29(33-25)15(3)4)13-34-26(20)27(18)35-23/h5-6,8-9,11-12,14-15H,7,10,13H2,1-4H3,(H,30,32)(H,31,33). The molecular formula is C29H28N4OS. The van der Waals surface area contributed by atoms with Crippen molar-refractivity contribution in [2.45, 2.75) is 59.0 Å². The molecule has 0 atom stereocenters. The molecule has 1 aliphatic heterocycles. The zero-order valence-corrected chi connectivity index (χ0v) is 21.3. The Morgan fingerprint density at radius 1 is 0.829 bits per heavy atom. The topological polar surface area (TPSA) is 66.6 Å². The van der Waals surface area contributed by atoms with E-state index in [-0.39, 0.29) is 0 Å². The molecule has 176 valence electrons. The number of imidazole rings is 2. The summed E-state index contributed by atoms with van der Waals surface area (Å²) in [6.07, 6.45) is 2.02. The van der Waals surface area contributed by atoms with Gasteiger partial charge in [-0.05, 0) is 47.6 Å². The summed E-state index contributed by atoms with van der Waals surface area (Å²) in [6, 6.07) is 13.6. The molecule has 35 heavy (non-hydrogen) atoms. The third-order valence-corrected chi connectivity index (χ3v) is 8.44. The van der Waals surface area contributed by atoms with Crippen LogP contribution in [0.4, 0.5) is 0 Å². The molecule has 0 fully saturated rings. The molecule has 7 rings (SSSR count). The first-order valence-electron chi connectivity index (χ1n) is 12.5. The maximum absolute atomic E-state index is 6.27. The van der Waals surface area contributed by atoms with Crippen LogP contribution in [0.3, 0.4) is 0 Å². The van der Waals surface area contributed by atoms with Gasteiger partial charge in [0.2, 0.25) is 0 Å². The van der Waals surface area contributed by atoms with E-state index < -0.39 is 0 Å². The Kier molecular flexibility index (Phi) is 4.52. The third-order valence-electron chi connectivity index (χ3n) is 7.24. The van der Waals surface area contributed by atoms with Crippen molar-refractivity contribution in [2.24, 2.45) is 0 Å². The van der Waals surface area contributed by atoms with Gasteiger partial charge in [0, 0.05) is 27.8 Å². The molecule has 5 aromatic rings. The van der Waals surface area contributed by atoms with Crippen LogP contribution in [0.2, 0.25) is 0 Å². The number of hydrogen-bond donors (Lipinski definition) is 2. The first-order valence-corrected chi connectivity index (χ1v) is 13.3. The zero-order valence-electron chi connectivity index (χ0n) is 20.5. The van der Waals surface area contributed by atoms with E-state index in [4.69, 9.17) is 14.7 Å². The molecular weight excluding hydrogens is 452 g/mol. The Morgan fingerprint density at radius 3 is 2.31 bits per heavy atom. The lowest BCUT2D eigenvalue weighted by molar-refractivity contribution is 0.302. The van der Waals surface area contributed by atoms with Gasteiger partial charge in [0.1, 0.15) is 29.7 Å². The number of ether oxygens (including phenoxy) is 1. The van der Waals surface area contributed by atoms with Crippen LogP contribution in [0.25, 0.3) is 43.0 Å². The van der Waals surface area contributed by atoms with Gasteiger partial charge in [-0.1, -0.05) is 45.9 Å². The molecule has 0 saturated carbocycles. The average Bonchev–Trinajstić information content (AvgIpc) is 3.59. The Hall–Kier alpha value is -3.38. The van der Waals surface area contributed by atoms with Gasteiger partial charge in [-0.15, -0.1) is 11.3 Å². The molecule has 1 aliphatic carbocycles. The number of nitrogens with one attached hydrogen (secondary N) is 2. The lowest BCUT2D eigenvalue weighted by atomic mass is 9.90. The predicted molar refractivity (Wildman–Crippen MR) is 142 cm³/mol. The van der Waals surface area contributed by atoms with Crippen LogP contribution in [-0.2, 0) is 19.4 Å². The van der Waals surface area contributed by atoms with E-state index in [2.05, 4.69) is 74.1 Å². The number of thiophene rings is 1. The molecule has 6 heteroatoms. The minimum Gasteiger partial charge on any atom is -0.485 e. The predicted octanol–water partition coefficient (Wildman–Crippen LogP) is 7.59. The second kappa shape index (κ2) is 7.56. The number of aromatic amines is 2. The largest absolute Gasteiger partial charge is 0.485 e. The highest BCUT2D eigenvalue weighted by Crippen LogP contribution is 2.47. The number of rotatable bonds is 3. The molecule has 3 aromatic heterocycles. The van der Waals surface area contributed by atoms with Gasteiger partial charge in [0.15, 0.2) is 0 Å². The number of benzene rings is 2. The summed E-state index contributed by atoms with van der Waals surface area (Å²) in [6.45, 7) is 9.22. The molecule has 5 nitrogen and oxygen atoms in total. The lowest BCUT2D eigenvalue weighted by Gasteiger charge is -2.17. The molecule has 0 amide bonds. The Bertz CT molecular complexity index is 1620. The van der Waals surface area contributed by atoms with E-state index in [0.29, 0.717) is 18.4 Å². The van der Waals surface area contributed by atoms with Crippen LogP contribution in [-0.4, -0.2) is 19.9 Å². The summed E-state index contributed by atoms with van der Waals surface area (Å²) < 4.78 is 7.48. The molecule has 0 spiro atoms. The summed E-state index contributed by atoms with van der Waals surface area (Å²) in [5.41, 5.74) is 9.60. The van der Waals surface area contributed by atoms with Crippen molar-refractivity contribution in [3.05, 3.63) is 65.0 Å². The molecule has 0 radical (unpaired) electrons. The number of aryl methyl sites for hydroxylation is 2. The highest BCUT2D eigenvalue weighted by molar-refractivity contribution is 7.22. The van der Waals surface area contributed by atoms with Crippen LogP contribution in [0, 0.1) is 0 Å². The molecule has 2 aromatic carbocycles. The first kappa shape index (κ1) is 20.9. The van der Waals surface area contributed by atoms with Crippen LogP contribution in [0.1, 0.15) is 68.1 Å². The van der Waals surface area contributed by atoms with E-state index in [1.807, 2.05) is 11.3 Å². The third kappa shape index (κ3) is 3.19. The van der Waals surface area contributed by atoms with Gasteiger partial charge in [-0.3, -0.25) is 0 Å². The van der Waals surface area contributed by atoms with Crippen molar-refractivity contribution >= 4 is 21.4 Å². The molecule has 4 heterocycles. The molecule has 0 bridgehead atoms. The van der Waals surface area contributed by atoms with Crippen molar-refractivity contribution in [3.8, 4) is 38.7 Å². The molecule has 0 unspecified atom stereocenters. The Morgan fingerprint density at radius 2 is 1.54 bits per heavy atom. The number of fused-ring (bicyclic) bond motifs is 8. The van der Waals surface area contributed by atoms with Gasteiger partial charge in [0.25, 0.3) is 0 Å². The van der Waals surface area contributed by atoms with Crippen molar-refractivity contribution in [1.82, 2.24) is 19.9 Å². The van der Waals surface area contributed by atoms with Gasteiger partial charge < -0.3 is 14.7 Å². The van der Waals surface area contributed by atoms with Crippen molar-refractivity contribution in [3.63, 3.8) is 0 Å². The fraction of sp³-hybridized carbons (Fsp3) is 0.310. The second-order valence-electron chi connectivity index (χ2n) is 10.3. The minimum atomic E-state index is 0.361. The summed E-state index contributed by atoms with van der Waals surface area (Å²) in [7, 11) is 0. The van der Waals surface area contributed by atoms with Gasteiger partial charge >= 0.3 is 0 Å². The van der Waals surface area contributed by atoms with E-state index in [1.54, 1.807) is 0 Å². The van der Waals surface area contributed by atoms with Gasteiger partial charge in [0.05, 0.1) is 21.8 Å². The number of aromatic nitrogens is 4. The van der Waals surface area contributed by atoms with Crippen LogP contribution in [0.15, 0.2) is 36.4 Å². The monoisotopic (exact) mass is 480 g/mol. The van der Waals surface area contributed by atoms with E-state index in [9.17, 15) is 0 Å². The number of hydrogen-bond acceptors (Lipinski definition) is 4. The fourth-order valence-corrected chi connectivity index (χ4v) is 6.44. The van der Waals surface area contributed by atoms with E-state index in [1.165, 1.54) is 43.0 Å². The molecule has 2 N–H and O–H groups in total. The first-order chi connectivity index (χ1) is 17.0. The van der Waals surface area contributed by atoms with E-state index in [0.717, 1.165) is 47.2 Å².